The van der Waals surface area contributed by atoms with Gasteiger partial charge >= 0.3 is 0 Å². The van der Waals surface area contributed by atoms with E-state index >= 15 is 0 Å². The van der Waals surface area contributed by atoms with Crippen LogP contribution in [0.1, 0.15) is 18.1 Å². The Hall–Kier alpha value is -1.81. The zero-order valence-electron chi connectivity index (χ0n) is 12.1. The summed E-state index contributed by atoms with van der Waals surface area (Å²) in [5.41, 5.74) is 4.56. The smallest absolute Gasteiger partial charge is 0.297 e. The number of benzene rings is 2. The first-order chi connectivity index (χ1) is 10.2. The molecule has 2 aromatic carbocycles. The second-order valence-corrected chi connectivity index (χ2v) is 5.90. The third-order valence-electron chi connectivity index (χ3n) is 3.46. The maximum absolute atomic E-state index is 5.72. The van der Waals surface area contributed by atoms with E-state index in [2.05, 4.69) is 62.7 Å². The van der Waals surface area contributed by atoms with Crippen molar-refractivity contribution in [3.05, 3.63) is 58.1 Å². The van der Waals surface area contributed by atoms with Crippen molar-refractivity contribution in [3.8, 4) is 6.01 Å². The summed E-state index contributed by atoms with van der Waals surface area (Å²) in [7, 11) is 0. The van der Waals surface area contributed by atoms with Crippen LogP contribution in [0.5, 0.6) is 6.01 Å². The van der Waals surface area contributed by atoms with Crippen LogP contribution in [0.3, 0.4) is 0 Å². The van der Waals surface area contributed by atoms with E-state index in [0.717, 1.165) is 22.1 Å². The molecule has 0 aliphatic carbocycles. The Balaban J connectivity index is 2.10. The van der Waals surface area contributed by atoms with Crippen molar-refractivity contribution >= 4 is 27.0 Å². The van der Waals surface area contributed by atoms with E-state index in [0.29, 0.717) is 12.6 Å². The highest BCUT2D eigenvalue weighted by Gasteiger charge is 2.13. The first-order valence-electron chi connectivity index (χ1n) is 7.02. The van der Waals surface area contributed by atoms with Gasteiger partial charge in [-0.15, -0.1) is 0 Å². The van der Waals surface area contributed by atoms with Gasteiger partial charge in [0.25, 0.3) is 6.01 Å². The molecule has 3 rings (SSSR count). The quantitative estimate of drug-likeness (QED) is 0.693. The minimum Gasteiger partial charge on any atom is -0.465 e. The van der Waals surface area contributed by atoms with Gasteiger partial charge in [0.1, 0.15) is 0 Å². The molecular weight excluding hydrogens is 328 g/mol. The maximum atomic E-state index is 5.72. The number of halogens is 1. The third kappa shape index (κ3) is 2.81. The number of aromatic nitrogens is 2. The molecule has 3 aromatic rings. The van der Waals surface area contributed by atoms with Crippen molar-refractivity contribution in [1.29, 1.82) is 0 Å². The van der Waals surface area contributed by atoms with Gasteiger partial charge in [0.05, 0.1) is 24.2 Å². The monoisotopic (exact) mass is 344 g/mol. The molecule has 0 spiro atoms. The van der Waals surface area contributed by atoms with Crippen LogP contribution >= 0.6 is 15.9 Å². The largest absolute Gasteiger partial charge is 0.465 e. The molecule has 1 aromatic heterocycles. The summed E-state index contributed by atoms with van der Waals surface area (Å²) in [4.78, 5) is 4.61. The summed E-state index contributed by atoms with van der Waals surface area (Å²) < 4.78 is 8.95. The fraction of sp³-hybridized carbons (Fsp3) is 0.235. The molecule has 0 N–H and O–H groups in total. The SMILES string of the molecule is CCOc1nc2cccc(C)c2n1Cc1ccc(Br)cc1. The molecule has 0 saturated heterocycles. The lowest BCUT2D eigenvalue weighted by Crippen LogP contribution is -2.05. The first kappa shape index (κ1) is 14.1. The van der Waals surface area contributed by atoms with E-state index in [-0.39, 0.29) is 0 Å². The van der Waals surface area contributed by atoms with E-state index in [1.807, 2.05) is 19.1 Å². The summed E-state index contributed by atoms with van der Waals surface area (Å²) in [6.45, 7) is 5.46. The molecule has 3 nitrogen and oxygen atoms in total. The lowest BCUT2D eigenvalue weighted by molar-refractivity contribution is 0.301. The van der Waals surface area contributed by atoms with Crippen LogP contribution in [0.25, 0.3) is 11.0 Å². The van der Waals surface area contributed by atoms with Gasteiger partial charge in [-0.05, 0) is 43.2 Å². The number of hydrogen-bond acceptors (Lipinski definition) is 2. The summed E-state index contributed by atoms with van der Waals surface area (Å²) >= 11 is 3.47. The average Bonchev–Trinajstić information content (AvgIpc) is 2.81. The highest BCUT2D eigenvalue weighted by atomic mass is 79.9. The Labute approximate surface area is 132 Å². The molecule has 0 fully saturated rings. The molecule has 4 heteroatoms. The second-order valence-electron chi connectivity index (χ2n) is 4.98. The fourth-order valence-electron chi connectivity index (χ4n) is 2.50. The zero-order valence-corrected chi connectivity index (χ0v) is 13.7. The van der Waals surface area contributed by atoms with E-state index in [1.54, 1.807) is 0 Å². The highest BCUT2D eigenvalue weighted by Crippen LogP contribution is 2.26. The molecule has 0 amide bonds. The van der Waals surface area contributed by atoms with E-state index in [9.17, 15) is 0 Å². The highest BCUT2D eigenvalue weighted by molar-refractivity contribution is 9.10. The molecule has 0 aliphatic heterocycles. The van der Waals surface area contributed by atoms with Crippen LogP contribution in [-0.4, -0.2) is 16.2 Å². The minimum absolute atomic E-state index is 0.614. The maximum Gasteiger partial charge on any atom is 0.297 e. The molecule has 0 bridgehead atoms. The van der Waals surface area contributed by atoms with Crippen molar-refractivity contribution in [1.82, 2.24) is 9.55 Å². The minimum atomic E-state index is 0.614. The predicted molar refractivity (Wildman–Crippen MR) is 88.9 cm³/mol. The summed E-state index contributed by atoms with van der Waals surface area (Å²) in [6, 6.07) is 15.2. The molecule has 0 radical (unpaired) electrons. The van der Waals surface area contributed by atoms with E-state index < -0.39 is 0 Å². The number of para-hydroxylation sites is 1. The average molecular weight is 345 g/mol. The predicted octanol–water partition coefficient (Wildman–Crippen LogP) is 4.55. The standard InChI is InChI=1S/C17H17BrN2O/c1-3-21-17-19-15-6-4-5-12(2)16(15)20(17)11-13-7-9-14(18)10-8-13/h4-10H,3,11H2,1-2H3. The Kier molecular flexibility index (Phi) is 3.97. The van der Waals surface area contributed by atoms with Crippen molar-refractivity contribution in [2.75, 3.05) is 6.61 Å². The molecule has 1 heterocycles. The normalized spacial score (nSPS) is 11.0. The van der Waals surface area contributed by atoms with Gasteiger partial charge in [0.15, 0.2) is 0 Å². The summed E-state index contributed by atoms with van der Waals surface area (Å²) in [6.07, 6.45) is 0. The van der Waals surface area contributed by atoms with Gasteiger partial charge in [-0.1, -0.05) is 40.2 Å². The van der Waals surface area contributed by atoms with Crippen molar-refractivity contribution < 1.29 is 4.74 Å². The van der Waals surface area contributed by atoms with Crippen LogP contribution in [0.4, 0.5) is 0 Å². The number of ether oxygens (including phenoxy) is 1. The number of rotatable bonds is 4. The van der Waals surface area contributed by atoms with Crippen molar-refractivity contribution in [2.24, 2.45) is 0 Å². The van der Waals surface area contributed by atoms with E-state index in [4.69, 9.17) is 4.74 Å². The molecule has 0 aliphatic rings. The number of fused-ring (bicyclic) bond motifs is 1. The Morgan fingerprint density at radius 1 is 1.14 bits per heavy atom. The van der Waals surface area contributed by atoms with E-state index in [1.165, 1.54) is 11.1 Å². The number of imidazole rings is 1. The first-order valence-corrected chi connectivity index (χ1v) is 7.81. The summed E-state index contributed by atoms with van der Waals surface area (Å²) in [5, 5.41) is 0. The summed E-state index contributed by atoms with van der Waals surface area (Å²) in [5.74, 6) is 0. The van der Waals surface area contributed by atoms with Crippen LogP contribution in [-0.2, 0) is 6.54 Å². The molecule has 0 unspecified atom stereocenters. The van der Waals surface area contributed by atoms with Crippen LogP contribution in [0.2, 0.25) is 0 Å². The van der Waals surface area contributed by atoms with Gasteiger partial charge in [0, 0.05) is 4.47 Å². The molecule has 21 heavy (non-hydrogen) atoms. The Bertz CT molecular complexity index is 762. The lowest BCUT2D eigenvalue weighted by atomic mass is 10.2. The second kappa shape index (κ2) is 5.90. The van der Waals surface area contributed by atoms with Gasteiger partial charge in [-0.2, -0.15) is 4.98 Å². The topological polar surface area (TPSA) is 27.1 Å². The molecule has 108 valence electrons. The molecule has 0 saturated carbocycles. The molecule has 0 atom stereocenters. The number of hydrogen-bond donors (Lipinski definition) is 0. The Morgan fingerprint density at radius 2 is 1.90 bits per heavy atom. The Morgan fingerprint density at radius 3 is 2.62 bits per heavy atom. The zero-order chi connectivity index (χ0) is 14.8. The lowest BCUT2D eigenvalue weighted by Gasteiger charge is -2.10. The van der Waals surface area contributed by atoms with Crippen molar-refractivity contribution in [3.63, 3.8) is 0 Å². The van der Waals surface area contributed by atoms with Crippen molar-refractivity contribution in [2.45, 2.75) is 20.4 Å². The van der Waals surface area contributed by atoms with Crippen LogP contribution in [0, 0.1) is 6.92 Å². The van der Waals surface area contributed by atoms with Gasteiger partial charge in [-0.3, -0.25) is 4.57 Å². The number of nitrogens with zero attached hydrogens (tertiary/aromatic N) is 2. The molecular formula is C17H17BrN2O. The van der Waals surface area contributed by atoms with Gasteiger partial charge < -0.3 is 4.74 Å². The third-order valence-corrected chi connectivity index (χ3v) is 3.99. The number of aryl methyl sites for hydroxylation is 1. The fourth-order valence-corrected chi connectivity index (χ4v) is 2.77. The van der Waals surface area contributed by atoms with Gasteiger partial charge in [0.2, 0.25) is 0 Å². The van der Waals surface area contributed by atoms with Crippen LogP contribution < -0.4 is 4.74 Å². The van der Waals surface area contributed by atoms with Gasteiger partial charge in [-0.25, -0.2) is 0 Å². The van der Waals surface area contributed by atoms with Crippen LogP contribution in [0.15, 0.2) is 46.9 Å².